The summed E-state index contributed by atoms with van der Waals surface area (Å²) in [5.74, 6) is -0.965. The number of hydrogen-bond acceptors (Lipinski definition) is 4. The van der Waals surface area contributed by atoms with Crippen LogP contribution in [0.15, 0.2) is 36.8 Å². The molecule has 1 aliphatic carbocycles. The molecular formula is C23H22F4N4O. The minimum Gasteiger partial charge on any atom is -0.299 e. The van der Waals surface area contributed by atoms with Gasteiger partial charge in [-0.1, -0.05) is 6.92 Å². The number of carbonyl (C=O) groups is 1. The van der Waals surface area contributed by atoms with E-state index in [0.29, 0.717) is 17.7 Å². The first-order valence-corrected chi connectivity index (χ1v) is 10.5. The molecule has 32 heavy (non-hydrogen) atoms. The van der Waals surface area contributed by atoms with E-state index in [0.717, 1.165) is 43.5 Å². The Morgan fingerprint density at radius 1 is 1.16 bits per heavy atom. The standard InChI is InChI=1S/C23H22F4N4O/c1-2-19(32)13-3-5-14(6-4-13)21-20(18-9-10-28-12-29-18)22(31-30-21)15-7-8-17(24)16(11-15)23(25,26)27/h7-14H,2-6H2,1H3,(H,30,31). The van der Waals surface area contributed by atoms with Crippen LogP contribution in [-0.2, 0) is 11.0 Å². The number of halogens is 4. The predicted molar refractivity (Wildman–Crippen MR) is 110 cm³/mol. The highest BCUT2D eigenvalue weighted by Crippen LogP contribution is 2.43. The second-order valence-corrected chi connectivity index (χ2v) is 8.02. The minimum absolute atomic E-state index is 0.0487. The number of aromatic nitrogens is 4. The summed E-state index contributed by atoms with van der Waals surface area (Å²) in [4.78, 5) is 20.3. The zero-order valence-electron chi connectivity index (χ0n) is 17.4. The molecule has 5 nitrogen and oxygen atoms in total. The van der Waals surface area contributed by atoms with Crippen LogP contribution in [0.5, 0.6) is 0 Å². The Morgan fingerprint density at radius 3 is 2.53 bits per heavy atom. The highest BCUT2D eigenvalue weighted by Gasteiger charge is 2.35. The molecule has 1 aliphatic rings. The van der Waals surface area contributed by atoms with Crippen molar-refractivity contribution in [2.24, 2.45) is 5.92 Å². The first-order valence-electron chi connectivity index (χ1n) is 10.5. The third kappa shape index (κ3) is 4.28. The van der Waals surface area contributed by atoms with Gasteiger partial charge in [-0.2, -0.15) is 18.3 Å². The quantitative estimate of drug-likeness (QED) is 0.492. The molecule has 0 spiro atoms. The SMILES string of the molecule is CCC(=O)C1CCC(c2[nH]nc(-c3ccc(F)c(C(F)(F)F)c3)c2-c2ccncn2)CC1. The van der Waals surface area contributed by atoms with Gasteiger partial charge in [0.1, 0.15) is 23.6 Å². The number of alkyl halides is 3. The second-order valence-electron chi connectivity index (χ2n) is 8.02. The molecule has 2 heterocycles. The van der Waals surface area contributed by atoms with Gasteiger partial charge in [-0.15, -0.1) is 0 Å². The molecule has 168 valence electrons. The van der Waals surface area contributed by atoms with Crippen LogP contribution in [0, 0.1) is 11.7 Å². The van der Waals surface area contributed by atoms with Crippen LogP contribution in [0.2, 0.25) is 0 Å². The van der Waals surface area contributed by atoms with Crippen LogP contribution in [0.3, 0.4) is 0 Å². The van der Waals surface area contributed by atoms with E-state index >= 15 is 0 Å². The molecular weight excluding hydrogens is 424 g/mol. The maximum atomic E-state index is 13.8. The van der Waals surface area contributed by atoms with Gasteiger partial charge in [-0.3, -0.25) is 9.89 Å². The van der Waals surface area contributed by atoms with E-state index in [4.69, 9.17) is 0 Å². The molecule has 1 N–H and O–H groups in total. The van der Waals surface area contributed by atoms with Gasteiger partial charge in [-0.25, -0.2) is 14.4 Å². The summed E-state index contributed by atoms with van der Waals surface area (Å²) in [6.07, 6.45) is 1.62. The number of hydrogen-bond donors (Lipinski definition) is 1. The summed E-state index contributed by atoms with van der Waals surface area (Å²) >= 11 is 0. The monoisotopic (exact) mass is 446 g/mol. The van der Waals surface area contributed by atoms with Gasteiger partial charge in [0, 0.05) is 41.3 Å². The number of ketones is 1. The predicted octanol–water partition coefficient (Wildman–Crippen LogP) is 5.94. The van der Waals surface area contributed by atoms with Crippen molar-refractivity contribution < 1.29 is 22.4 Å². The third-order valence-corrected chi connectivity index (χ3v) is 6.12. The molecule has 3 aromatic rings. The Kier molecular flexibility index (Phi) is 6.08. The zero-order chi connectivity index (χ0) is 22.9. The molecule has 0 aliphatic heterocycles. The lowest BCUT2D eigenvalue weighted by atomic mass is 9.77. The topological polar surface area (TPSA) is 71.5 Å². The normalized spacial score (nSPS) is 19.2. The van der Waals surface area contributed by atoms with Crippen LogP contribution in [0.25, 0.3) is 22.5 Å². The van der Waals surface area contributed by atoms with E-state index in [1.165, 1.54) is 12.4 Å². The van der Waals surface area contributed by atoms with Crippen molar-refractivity contribution in [2.75, 3.05) is 0 Å². The Morgan fingerprint density at radius 2 is 1.91 bits per heavy atom. The summed E-state index contributed by atoms with van der Waals surface area (Å²) in [5, 5.41) is 7.32. The number of aromatic amines is 1. The van der Waals surface area contributed by atoms with Crippen molar-refractivity contribution in [3.05, 3.63) is 53.9 Å². The average molecular weight is 446 g/mol. The summed E-state index contributed by atoms with van der Waals surface area (Å²) < 4.78 is 53.7. The van der Waals surface area contributed by atoms with E-state index in [1.807, 2.05) is 6.92 Å². The summed E-state index contributed by atoms with van der Waals surface area (Å²) in [5.41, 5.74) is 0.937. The fourth-order valence-electron chi connectivity index (χ4n) is 4.44. The lowest BCUT2D eigenvalue weighted by Crippen LogP contribution is -2.21. The number of Topliss-reactive ketones (excluding diaryl/α,β-unsaturated/α-hetero) is 1. The van der Waals surface area contributed by atoms with Gasteiger partial charge >= 0.3 is 6.18 Å². The molecule has 1 aromatic carbocycles. The van der Waals surface area contributed by atoms with Gasteiger partial charge in [0.2, 0.25) is 0 Å². The highest BCUT2D eigenvalue weighted by atomic mass is 19.4. The van der Waals surface area contributed by atoms with Gasteiger partial charge in [0.15, 0.2) is 0 Å². The molecule has 0 unspecified atom stereocenters. The van der Waals surface area contributed by atoms with E-state index < -0.39 is 17.6 Å². The largest absolute Gasteiger partial charge is 0.419 e. The molecule has 1 fully saturated rings. The van der Waals surface area contributed by atoms with Gasteiger partial charge < -0.3 is 0 Å². The Bertz CT molecular complexity index is 1100. The fourth-order valence-corrected chi connectivity index (χ4v) is 4.44. The summed E-state index contributed by atoms with van der Waals surface area (Å²) in [6.45, 7) is 1.86. The smallest absolute Gasteiger partial charge is 0.299 e. The molecule has 1 saturated carbocycles. The van der Waals surface area contributed by atoms with Crippen molar-refractivity contribution >= 4 is 5.78 Å². The summed E-state index contributed by atoms with van der Waals surface area (Å²) in [7, 11) is 0. The Hall–Kier alpha value is -3.10. The molecule has 4 rings (SSSR count). The minimum atomic E-state index is -4.82. The molecule has 9 heteroatoms. The van der Waals surface area contributed by atoms with Crippen LogP contribution < -0.4 is 0 Å². The maximum Gasteiger partial charge on any atom is 0.419 e. The van der Waals surface area contributed by atoms with Crippen LogP contribution >= 0.6 is 0 Å². The molecule has 0 amide bonds. The maximum absolute atomic E-state index is 13.8. The molecule has 0 saturated heterocycles. The number of nitrogens with one attached hydrogen (secondary N) is 1. The first-order chi connectivity index (χ1) is 15.3. The lowest BCUT2D eigenvalue weighted by Gasteiger charge is -2.27. The van der Waals surface area contributed by atoms with Crippen molar-refractivity contribution in [2.45, 2.75) is 51.1 Å². The van der Waals surface area contributed by atoms with E-state index in [2.05, 4.69) is 20.2 Å². The van der Waals surface area contributed by atoms with Gasteiger partial charge in [0.25, 0.3) is 0 Å². The Balaban J connectivity index is 1.76. The number of H-pyrrole nitrogens is 1. The molecule has 0 radical (unpaired) electrons. The van der Waals surface area contributed by atoms with E-state index in [9.17, 15) is 22.4 Å². The molecule has 0 bridgehead atoms. The second kappa shape index (κ2) is 8.80. The van der Waals surface area contributed by atoms with Gasteiger partial charge in [-0.05, 0) is 49.9 Å². The molecule has 2 aromatic heterocycles. The summed E-state index contributed by atoms with van der Waals surface area (Å²) in [6, 6.07) is 4.53. The first kappa shape index (κ1) is 22.1. The van der Waals surface area contributed by atoms with Gasteiger partial charge in [0.05, 0.1) is 11.3 Å². The number of nitrogens with zero attached hydrogens (tertiary/aromatic N) is 3. The van der Waals surface area contributed by atoms with Crippen LogP contribution in [0.4, 0.5) is 17.6 Å². The number of benzene rings is 1. The van der Waals surface area contributed by atoms with Crippen molar-refractivity contribution in [3.8, 4) is 22.5 Å². The van der Waals surface area contributed by atoms with Crippen LogP contribution in [-0.4, -0.2) is 25.9 Å². The average Bonchev–Trinajstić information content (AvgIpc) is 3.24. The van der Waals surface area contributed by atoms with Crippen molar-refractivity contribution in [1.82, 2.24) is 20.2 Å². The Labute approximate surface area is 182 Å². The van der Waals surface area contributed by atoms with E-state index in [-0.39, 0.29) is 28.9 Å². The van der Waals surface area contributed by atoms with E-state index in [1.54, 1.807) is 12.3 Å². The van der Waals surface area contributed by atoms with Crippen molar-refractivity contribution in [3.63, 3.8) is 0 Å². The fraction of sp³-hybridized carbons (Fsp3) is 0.391. The number of rotatable bonds is 5. The van der Waals surface area contributed by atoms with Crippen molar-refractivity contribution in [1.29, 1.82) is 0 Å². The zero-order valence-corrected chi connectivity index (χ0v) is 17.4. The van der Waals surface area contributed by atoms with Crippen LogP contribution in [0.1, 0.15) is 56.2 Å². The lowest BCUT2D eigenvalue weighted by molar-refractivity contribution is -0.140. The highest BCUT2D eigenvalue weighted by molar-refractivity contribution is 5.82. The number of carbonyl (C=O) groups excluding carboxylic acids is 1. The third-order valence-electron chi connectivity index (χ3n) is 6.12. The molecule has 0 atom stereocenters.